The first kappa shape index (κ1) is 15.3. The predicted octanol–water partition coefficient (Wildman–Crippen LogP) is 2.54. The van der Waals surface area contributed by atoms with Crippen LogP contribution in [0.2, 0.25) is 0 Å². The van der Waals surface area contributed by atoms with Crippen molar-refractivity contribution >= 4 is 11.7 Å². The molecule has 0 fully saturated rings. The number of halogens is 3. The van der Waals surface area contributed by atoms with Crippen LogP contribution in [-0.4, -0.2) is 41.6 Å². The average Bonchev–Trinajstić information content (AvgIpc) is 2.35. The van der Waals surface area contributed by atoms with Crippen molar-refractivity contribution in [3.05, 3.63) is 23.9 Å². The second kappa shape index (κ2) is 6.40. The molecule has 106 valence electrons. The Morgan fingerprint density at radius 1 is 1.42 bits per heavy atom. The molecule has 0 radical (unpaired) electrons. The Bertz CT molecular complexity index is 434. The van der Waals surface area contributed by atoms with E-state index in [4.69, 9.17) is 0 Å². The highest BCUT2D eigenvalue weighted by atomic mass is 19.4. The van der Waals surface area contributed by atoms with Gasteiger partial charge in [0.05, 0.1) is 5.56 Å². The van der Waals surface area contributed by atoms with E-state index >= 15 is 0 Å². The number of nitrogens with one attached hydrogen (secondary N) is 1. The molecular weight excluding hydrogens is 259 g/mol. The molecule has 4 nitrogen and oxygen atoms in total. The van der Waals surface area contributed by atoms with E-state index in [0.29, 0.717) is 12.4 Å². The zero-order chi connectivity index (χ0) is 14.5. The van der Waals surface area contributed by atoms with Gasteiger partial charge in [-0.25, -0.2) is 4.98 Å². The van der Waals surface area contributed by atoms with Crippen LogP contribution in [0.5, 0.6) is 0 Å². The van der Waals surface area contributed by atoms with Crippen LogP contribution in [-0.2, 0) is 0 Å². The Labute approximate surface area is 109 Å². The topological polar surface area (TPSA) is 45.2 Å². The summed E-state index contributed by atoms with van der Waals surface area (Å²) >= 11 is 0. The largest absolute Gasteiger partial charge is 0.406 e. The molecule has 0 unspecified atom stereocenters. The van der Waals surface area contributed by atoms with Gasteiger partial charge in [0.2, 0.25) is 0 Å². The third-order valence-electron chi connectivity index (χ3n) is 2.42. The van der Waals surface area contributed by atoms with Crippen LogP contribution < -0.4 is 5.32 Å². The maximum absolute atomic E-state index is 12.4. The smallest absolute Gasteiger partial charge is 0.370 e. The maximum atomic E-state index is 12.4. The number of carbonyl (C=O) groups is 1. The Morgan fingerprint density at radius 3 is 2.63 bits per heavy atom. The third-order valence-corrected chi connectivity index (χ3v) is 2.42. The van der Waals surface area contributed by atoms with Crippen molar-refractivity contribution in [2.24, 2.45) is 0 Å². The van der Waals surface area contributed by atoms with Gasteiger partial charge in [-0.2, -0.15) is 13.2 Å². The highest BCUT2D eigenvalue weighted by Gasteiger charge is 2.33. The van der Waals surface area contributed by atoms with Gasteiger partial charge >= 0.3 is 6.18 Å². The molecular formula is C12H16F3N3O. The summed E-state index contributed by atoms with van der Waals surface area (Å²) in [6.07, 6.45) is -2.93. The van der Waals surface area contributed by atoms with Crippen molar-refractivity contribution in [1.82, 2.24) is 9.88 Å². The Hall–Kier alpha value is -1.79. The fourth-order valence-corrected chi connectivity index (χ4v) is 1.60. The van der Waals surface area contributed by atoms with Crippen molar-refractivity contribution in [3.8, 4) is 0 Å². The van der Waals surface area contributed by atoms with Crippen LogP contribution in [0.1, 0.15) is 24.2 Å². The number of rotatable bonds is 5. The van der Waals surface area contributed by atoms with Crippen molar-refractivity contribution in [3.63, 3.8) is 0 Å². The number of aromatic nitrogens is 1. The van der Waals surface area contributed by atoms with E-state index in [1.807, 2.05) is 6.92 Å². The zero-order valence-corrected chi connectivity index (χ0v) is 10.8. The molecule has 1 N–H and O–H groups in total. The molecule has 1 heterocycles. The van der Waals surface area contributed by atoms with Gasteiger partial charge in [-0.1, -0.05) is 0 Å². The fraction of sp³-hybridized carbons (Fsp3) is 0.500. The highest BCUT2D eigenvalue weighted by molar-refractivity contribution is 5.98. The van der Waals surface area contributed by atoms with Crippen LogP contribution >= 0.6 is 0 Å². The molecule has 0 bridgehead atoms. The number of anilines is 1. The molecule has 0 saturated heterocycles. The lowest BCUT2D eigenvalue weighted by molar-refractivity contribution is -0.140. The summed E-state index contributed by atoms with van der Waals surface area (Å²) in [5, 5.41) is 2.86. The van der Waals surface area contributed by atoms with E-state index in [1.165, 1.54) is 25.3 Å². The minimum Gasteiger partial charge on any atom is -0.370 e. The molecule has 0 aliphatic carbocycles. The van der Waals surface area contributed by atoms with Crippen LogP contribution in [0.3, 0.4) is 0 Å². The molecule has 0 atom stereocenters. The van der Waals surface area contributed by atoms with Crippen molar-refractivity contribution in [1.29, 1.82) is 0 Å². The first-order valence-corrected chi connectivity index (χ1v) is 5.94. The number of alkyl halides is 3. The van der Waals surface area contributed by atoms with Gasteiger partial charge in [0, 0.05) is 19.3 Å². The number of nitrogens with zero attached hydrogens (tertiary/aromatic N) is 2. The van der Waals surface area contributed by atoms with E-state index in [0.717, 1.165) is 4.90 Å². The number of carbonyl (C=O) groups excluding carboxylic acids is 1. The standard InChI is InChI=1S/C12H16F3N3O/c1-3-16-10-9(6-5-7-17-10)11(19)18(4-2)8-12(13,14)15/h5-7H,3-4,8H2,1-2H3,(H,16,17). The normalized spacial score (nSPS) is 11.2. The van der Waals surface area contributed by atoms with Crippen LogP contribution in [0.25, 0.3) is 0 Å². The third kappa shape index (κ3) is 4.42. The summed E-state index contributed by atoms with van der Waals surface area (Å²) < 4.78 is 37.2. The molecule has 0 saturated carbocycles. The summed E-state index contributed by atoms with van der Waals surface area (Å²) in [5.41, 5.74) is 0.149. The lowest BCUT2D eigenvalue weighted by atomic mass is 10.2. The summed E-state index contributed by atoms with van der Waals surface area (Å²) in [4.78, 5) is 16.8. The van der Waals surface area contributed by atoms with Crippen LogP contribution in [0, 0.1) is 0 Å². The van der Waals surface area contributed by atoms with Gasteiger partial charge in [0.25, 0.3) is 5.91 Å². The SMILES string of the molecule is CCNc1ncccc1C(=O)N(CC)CC(F)(F)F. The van der Waals surface area contributed by atoms with Crippen LogP contribution in [0.4, 0.5) is 19.0 Å². The van der Waals surface area contributed by atoms with E-state index in [2.05, 4.69) is 10.3 Å². The molecule has 19 heavy (non-hydrogen) atoms. The minimum absolute atomic E-state index is 0.0151. The van der Waals surface area contributed by atoms with Gasteiger partial charge in [-0.15, -0.1) is 0 Å². The van der Waals surface area contributed by atoms with E-state index < -0.39 is 18.6 Å². The predicted molar refractivity (Wildman–Crippen MR) is 66.0 cm³/mol. The van der Waals surface area contributed by atoms with Gasteiger partial charge < -0.3 is 10.2 Å². The minimum atomic E-state index is -4.41. The van der Waals surface area contributed by atoms with E-state index in [-0.39, 0.29) is 12.1 Å². The molecule has 0 aliphatic heterocycles. The van der Waals surface area contributed by atoms with Crippen LogP contribution in [0.15, 0.2) is 18.3 Å². The Kier molecular flexibility index (Phi) is 5.14. The highest BCUT2D eigenvalue weighted by Crippen LogP contribution is 2.20. The molecule has 7 heteroatoms. The van der Waals surface area contributed by atoms with Crippen molar-refractivity contribution in [2.45, 2.75) is 20.0 Å². The van der Waals surface area contributed by atoms with E-state index in [9.17, 15) is 18.0 Å². The monoisotopic (exact) mass is 275 g/mol. The number of amides is 1. The van der Waals surface area contributed by atoms with Gasteiger partial charge in [0.1, 0.15) is 12.4 Å². The van der Waals surface area contributed by atoms with Crippen molar-refractivity contribution < 1.29 is 18.0 Å². The van der Waals surface area contributed by atoms with Gasteiger partial charge in [0.15, 0.2) is 0 Å². The maximum Gasteiger partial charge on any atom is 0.406 e. The molecule has 1 aromatic heterocycles. The first-order chi connectivity index (χ1) is 8.89. The fourth-order valence-electron chi connectivity index (χ4n) is 1.60. The lowest BCUT2D eigenvalue weighted by Gasteiger charge is -2.23. The molecule has 0 aromatic carbocycles. The second-order valence-corrected chi connectivity index (χ2v) is 3.86. The molecule has 0 spiro atoms. The lowest BCUT2D eigenvalue weighted by Crippen LogP contribution is -2.39. The summed E-state index contributed by atoms with van der Waals surface area (Å²) in [7, 11) is 0. The Morgan fingerprint density at radius 2 is 2.11 bits per heavy atom. The number of hydrogen-bond acceptors (Lipinski definition) is 3. The average molecular weight is 275 g/mol. The zero-order valence-electron chi connectivity index (χ0n) is 10.8. The molecule has 1 aromatic rings. The molecule has 1 amide bonds. The molecule has 1 rings (SSSR count). The number of pyridine rings is 1. The quantitative estimate of drug-likeness (QED) is 0.898. The summed E-state index contributed by atoms with van der Waals surface area (Å²) in [5.74, 6) is -0.375. The van der Waals surface area contributed by atoms with Gasteiger partial charge in [-0.3, -0.25) is 4.79 Å². The summed E-state index contributed by atoms with van der Waals surface area (Å²) in [6, 6.07) is 2.99. The second-order valence-electron chi connectivity index (χ2n) is 3.86. The van der Waals surface area contributed by atoms with Crippen molar-refractivity contribution in [2.75, 3.05) is 25.0 Å². The van der Waals surface area contributed by atoms with Gasteiger partial charge in [-0.05, 0) is 26.0 Å². The number of hydrogen-bond donors (Lipinski definition) is 1. The Balaban J connectivity index is 2.97. The summed E-state index contributed by atoms with van der Waals surface area (Å²) in [6.45, 7) is 2.58. The first-order valence-electron chi connectivity index (χ1n) is 5.94. The van der Waals surface area contributed by atoms with E-state index in [1.54, 1.807) is 0 Å². The molecule has 0 aliphatic rings.